The molecule has 3 rings (SSSR count). The van der Waals surface area contributed by atoms with Crippen molar-refractivity contribution < 1.29 is 22.7 Å². The summed E-state index contributed by atoms with van der Waals surface area (Å²) in [5.41, 5.74) is 2.02. The van der Waals surface area contributed by atoms with Crippen molar-refractivity contribution in [3.8, 4) is 0 Å². The minimum Gasteiger partial charge on any atom is -0.462 e. The highest BCUT2D eigenvalue weighted by atomic mass is 32.2. The third kappa shape index (κ3) is 5.42. The van der Waals surface area contributed by atoms with Gasteiger partial charge in [0.1, 0.15) is 0 Å². The lowest BCUT2D eigenvalue weighted by atomic mass is 10.1. The second-order valence-electron chi connectivity index (χ2n) is 6.81. The molecule has 29 heavy (non-hydrogen) atoms. The summed E-state index contributed by atoms with van der Waals surface area (Å²) in [4.78, 5) is 24.1. The van der Waals surface area contributed by atoms with Crippen LogP contribution in [-0.4, -0.2) is 44.3 Å². The summed E-state index contributed by atoms with van der Waals surface area (Å²) in [6.07, 6.45) is 1.80. The van der Waals surface area contributed by atoms with Gasteiger partial charge in [0, 0.05) is 24.3 Å². The number of ether oxygens (including phenoxy) is 1. The first-order valence-electron chi connectivity index (χ1n) is 9.54. The summed E-state index contributed by atoms with van der Waals surface area (Å²) in [6.45, 7) is 3.20. The highest BCUT2D eigenvalue weighted by Crippen LogP contribution is 2.18. The van der Waals surface area contributed by atoms with E-state index in [1.807, 2.05) is 0 Å². The molecule has 7 nitrogen and oxygen atoms in total. The van der Waals surface area contributed by atoms with E-state index in [0.29, 0.717) is 42.1 Å². The number of nitrogens with one attached hydrogen (secondary N) is 1. The second kappa shape index (κ2) is 9.19. The fraction of sp³-hybridized carbons (Fsp3) is 0.333. The molecule has 1 N–H and O–H groups in total. The lowest BCUT2D eigenvalue weighted by molar-refractivity contribution is 0.0526. The first-order valence-corrected chi connectivity index (χ1v) is 11.2. The summed E-state index contributed by atoms with van der Waals surface area (Å²) >= 11 is 0. The van der Waals surface area contributed by atoms with Crippen molar-refractivity contribution in [1.29, 1.82) is 0 Å². The number of nitrogens with zero attached hydrogens (tertiary/aromatic N) is 1. The highest BCUT2D eigenvalue weighted by molar-refractivity contribution is 7.88. The number of carbonyl (C=O) groups is 2. The van der Waals surface area contributed by atoms with Crippen LogP contribution in [0.25, 0.3) is 0 Å². The molecule has 154 valence electrons. The maximum absolute atomic E-state index is 12.4. The molecule has 0 aliphatic carbocycles. The molecule has 0 radical (unpaired) electrons. The van der Waals surface area contributed by atoms with Crippen molar-refractivity contribution in [2.75, 3.05) is 25.0 Å². The number of esters is 1. The lowest BCUT2D eigenvalue weighted by Crippen LogP contribution is -2.29. The Morgan fingerprint density at radius 2 is 1.55 bits per heavy atom. The monoisotopic (exact) mass is 416 g/mol. The lowest BCUT2D eigenvalue weighted by Gasteiger charge is -2.15. The number of benzene rings is 2. The maximum atomic E-state index is 12.4. The molecule has 0 atom stereocenters. The first-order chi connectivity index (χ1) is 13.9. The average molecular weight is 416 g/mol. The molecule has 1 aliphatic rings. The van der Waals surface area contributed by atoms with Crippen LogP contribution in [0.3, 0.4) is 0 Å². The van der Waals surface area contributed by atoms with Crippen LogP contribution >= 0.6 is 0 Å². The Morgan fingerprint density at radius 1 is 0.966 bits per heavy atom. The molecule has 1 saturated heterocycles. The minimum absolute atomic E-state index is 0.0653. The predicted molar refractivity (Wildman–Crippen MR) is 110 cm³/mol. The fourth-order valence-electron chi connectivity index (χ4n) is 3.13. The van der Waals surface area contributed by atoms with Crippen molar-refractivity contribution in [3.63, 3.8) is 0 Å². The number of carbonyl (C=O) groups excluding carboxylic acids is 2. The van der Waals surface area contributed by atoms with Gasteiger partial charge in [-0.3, -0.25) is 4.79 Å². The zero-order chi connectivity index (χ0) is 20.9. The Kier molecular flexibility index (Phi) is 6.66. The Morgan fingerprint density at radius 3 is 2.14 bits per heavy atom. The Hall–Kier alpha value is -2.71. The standard InChI is InChI=1S/C21H24N2O5S/c1-2-28-21(25)18-9-11-19(12-10-18)22-20(24)17-7-5-16(6-8-17)15-29(26,27)23-13-3-4-14-23/h5-12H,2-4,13-15H2,1H3,(H,22,24). The quantitative estimate of drug-likeness (QED) is 0.701. The molecular weight excluding hydrogens is 392 g/mol. The molecule has 2 aromatic carbocycles. The summed E-state index contributed by atoms with van der Waals surface area (Å²) in [5.74, 6) is -0.794. The number of rotatable bonds is 7. The molecule has 1 aliphatic heterocycles. The van der Waals surface area contributed by atoms with Crippen molar-refractivity contribution in [2.24, 2.45) is 0 Å². The van der Waals surface area contributed by atoms with Crippen LogP contribution < -0.4 is 5.32 Å². The SMILES string of the molecule is CCOC(=O)c1ccc(NC(=O)c2ccc(CS(=O)(=O)N3CCCC3)cc2)cc1. The van der Waals surface area contributed by atoms with Crippen LogP contribution in [0, 0.1) is 0 Å². The number of sulfonamides is 1. The van der Waals surface area contributed by atoms with E-state index in [9.17, 15) is 18.0 Å². The Bertz CT molecular complexity index is 963. The van der Waals surface area contributed by atoms with Crippen molar-refractivity contribution in [2.45, 2.75) is 25.5 Å². The van der Waals surface area contributed by atoms with Gasteiger partial charge in [0.2, 0.25) is 10.0 Å². The maximum Gasteiger partial charge on any atom is 0.338 e. The molecule has 0 saturated carbocycles. The van der Waals surface area contributed by atoms with Gasteiger partial charge in [0.25, 0.3) is 5.91 Å². The van der Waals surface area contributed by atoms with E-state index in [-0.39, 0.29) is 11.7 Å². The van der Waals surface area contributed by atoms with Crippen LogP contribution in [0.1, 0.15) is 46.0 Å². The molecule has 1 amide bonds. The minimum atomic E-state index is -3.32. The van der Waals surface area contributed by atoms with Gasteiger partial charge < -0.3 is 10.1 Å². The predicted octanol–water partition coefficient (Wildman–Crippen LogP) is 3.04. The fourth-order valence-corrected chi connectivity index (χ4v) is 4.74. The van der Waals surface area contributed by atoms with E-state index in [2.05, 4.69) is 5.32 Å². The van der Waals surface area contributed by atoms with Gasteiger partial charge in [-0.25, -0.2) is 17.5 Å². The Labute approximate surface area is 170 Å². The van der Waals surface area contributed by atoms with Crippen LogP contribution in [0.2, 0.25) is 0 Å². The average Bonchev–Trinajstić information content (AvgIpc) is 3.25. The zero-order valence-electron chi connectivity index (χ0n) is 16.3. The topological polar surface area (TPSA) is 92.8 Å². The third-order valence-electron chi connectivity index (χ3n) is 4.68. The van der Waals surface area contributed by atoms with E-state index in [0.717, 1.165) is 12.8 Å². The summed E-state index contributed by atoms with van der Waals surface area (Å²) in [6, 6.07) is 13.0. The smallest absolute Gasteiger partial charge is 0.338 e. The third-order valence-corrected chi connectivity index (χ3v) is 6.53. The molecule has 1 heterocycles. The van der Waals surface area contributed by atoms with Crippen molar-refractivity contribution >= 4 is 27.6 Å². The molecule has 8 heteroatoms. The van der Waals surface area contributed by atoms with Gasteiger partial charge in [-0.2, -0.15) is 0 Å². The molecule has 2 aromatic rings. The largest absolute Gasteiger partial charge is 0.462 e. The van der Waals surface area contributed by atoms with E-state index in [1.54, 1.807) is 55.5 Å². The number of amides is 1. The summed E-state index contributed by atoms with van der Waals surface area (Å²) < 4.78 is 31.2. The summed E-state index contributed by atoms with van der Waals surface area (Å²) in [7, 11) is -3.32. The van der Waals surface area contributed by atoms with Crippen LogP contribution in [0.4, 0.5) is 5.69 Å². The van der Waals surface area contributed by atoms with Crippen LogP contribution in [0.15, 0.2) is 48.5 Å². The summed E-state index contributed by atoms with van der Waals surface area (Å²) in [5, 5.41) is 2.75. The molecular formula is C21H24N2O5S. The van der Waals surface area contributed by atoms with E-state index in [4.69, 9.17) is 4.74 Å². The van der Waals surface area contributed by atoms with Crippen molar-refractivity contribution in [1.82, 2.24) is 4.31 Å². The van der Waals surface area contributed by atoms with Gasteiger partial charge in [-0.15, -0.1) is 0 Å². The van der Waals surface area contributed by atoms with Gasteiger partial charge >= 0.3 is 5.97 Å². The first kappa shape index (κ1) is 21.0. The van der Waals surface area contributed by atoms with Crippen LogP contribution in [-0.2, 0) is 20.5 Å². The molecule has 1 fully saturated rings. The Balaban J connectivity index is 1.61. The molecule has 0 unspecified atom stereocenters. The second-order valence-corrected chi connectivity index (χ2v) is 8.78. The normalized spacial score (nSPS) is 14.5. The van der Waals surface area contributed by atoms with E-state index in [1.165, 1.54) is 4.31 Å². The number of anilines is 1. The van der Waals surface area contributed by atoms with Gasteiger partial charge in [-0.05, 0) is 61.7 Å². The zero-order valence-corrected chi connectivity index (χ0v) is 17.1. The highest BCUT2D eigenvalue weighted by Gasteiger charge is 2.25. The van der Waals surface area contributed by atoms with Crippen molar-refractivity contribution in [3.05, 3.63) is 65.2 Å². The van der Waals surface area contributed by atoms with Gasteiger partial charge in [-0.1, -0.05) is 12.1 Å². The van der Waals surface area contributed by atoms with Gasteiger partial charge in [0.15, 0.2) is 0 Å². The van der Waals surface area contributed by atoms with E-state index >= 15 is 0 Å². The van der Waals surface area contributed by atoms with Gasteiger partial charge in [0.05, 0.1) is 17.9 Å². The molecule has 0 aromatic heterocycles. The number of hydrogen-bond donors (Lipinski definition) is 1. The van der Waals surface area contributed by atoms with Crippen LogP contribution in [0.5, 0.6) is 0 Å². The van der Waals surface area contributed by atoms with E-state index < -0.39 is 16.0 Å². The molecule has 0 bridgehead atoms. The number of hydrogen-bond acceptors (Lipinski definition) is 5. The molecule has 0 spiro atoms.